The van der Waals surface area contributed by atoms with Crippen LogP contribution in [0.4, 0.5) is 10.2 Å². The molecule has 0 unspecified atom stereocenters. The van der Waals surface area contributed by atoms with E-state index in [2.05, 4.69) is 31.1 Å². The van der Waals surface area contributed by atoms with E-state index in [1.165, 1.54) is 11.6 Å². The van der Waals surface area contributed by atoms with Crippen LogP contribution in [0.25, 0.3) is 11.3 Å². The number of hydrogen-bond acceptors (Lipinski definition) is 5. The molecular formula is C20H22ClFN6. The summed E-state index contributed by atoms with van der Waals surface area (Å²) in [6, 6.07) is 4.75. The zero-order chi connectivity index (χ0) is 19.7. The monoisotopic (exact) mass is 400 g/mol. The molecule has 146 valence electrons. The van der Waals surface area contributed by atoms with Crippen molar-refractivity contribution in [3.05, 3.63) is 58.9 Å². The number of rotatable bonds is 4. The molecule has 1 aromatic carbocycles. The Bertz CT molecular complexity index is 981. The van der Waals surface area contributed by atoms with Crippen LogP contribution in [-0.2, 0) is 13.6 Å². The van der Waals surface area contributed by atoms with E-state index < -0.39 is 5.82 Å². The van der Waals surface area contributed by atoms with E-state index in [-0.39, 0.29) is 5.02 Å². The summed E-state index contributed by atoms with van der Waals surface area (Å²) in [4.78, 5) is 13.6. The molecule has 1 fully saturated rings. The van der Waals surface area contributed by atoms with Gasteiger partial charge in [-0.05, 0) is 19.1 Å². The van der Waals surface area contributed by atoms with Gasteiger partial charge in [-0.15, -0.1) is 0 Å². The number of hydrogen-bond donors (Lipinski definition) is 0. The van der Waals surface area contributed by atoms with Crippen LogP contribution >= 0.6 is 11.6 Å². The zero-order valence-electron chi connectivity index (χ0n) is 15.9. The van der Waals surface area contributed by atoms with E-state index in [4.69, 9.17) is 11.6 Å². The molecule has 0 saturated carbocycles. The van der Waals surface area contributed by atoms with Gasteiger partial charge in [0.15, 0.2) is 5.82 Å². The van der Waals surface area contributed by atoms with Crippen molar-refractivity contribution in [2.24, 2.45) is 7.05 Å². The number of benzene rings is 1. The second kappa shape index (κ2) is 7.85. The van der Waals surface area contributed by atoms with Gasteiger partial charge in [0.25, 0.3) is 0 Å². The average Bonchev–Trinajstić information content (AvgIpc) is 3.01. The third-order valence-electron chi connectivity index (χ3n) is 5.05. The second-order valence-electron chi connectivity index (χ2n) is 7.03. The first-order chi connectivity index (χ1) is 13.5. The molecule has 0 amide bonds. The van der Waals surface area contributed by atoms with Gasteiger partial charge in [-0.25, -0.2) is 9.37 Å². The molecule has 1 saturated heterocycles. The zero-order valence-corrected chi connectivity index (χ0v) is 16.7. The van der Waals surface area contributed by atoms with E-state index in [9.17, 15) is 4.39 Å². The van der Waals surface area contributed by atoms with Gasteiger partial charge in [-0.3, -0.25) is 14.6 Å². The summed E-state index contributed by atoms with van der Waals surface area (Å²) in [6.07, 6.45) is 5.39. The molecule has 3 heterocycles. The first kappa shape index (κ1) is 18.8. The lowest BCUT2D eigenvalue weighted by Crippen LogP contribution is -2.46. The molecular weight excluding hydrogens is 379 g/mol. The molecule has 1 aliphatic rings. The van der Waals surface area contributed by atoms with Crippen LogP contribution in [0, 0.1) is 12.7 Å². The Morgan fingerprint density at radius 3 is 2.54 bits per heavy atom. The lowest BCUT2D eigenvalue weighted by molar-refractivity contribution is 0.249. The molecule has 0 N–H and O–H groups in total. The van der Waals surface area contributed by atoms with Crippen LogP contribution in [0.5, 0.6) is 0 Å². The van der Waals surface area contributed by atoms with E-state index in [1.54, 1.807) is 24.5 Å². The Labute approximate surface area is 168 Å². The van der Waals surface area contributed by atoms with Gasteiger partial charge in [0.1, 0.15) is 11.5 Å². The Hall–Kier alpha value is -2.51. The van der Waals surface area contributed by atoms with E-state index >= 15 is 0 Å². The van der Waals surface area contributed by atoms with Gasteiger partial charge in [-0.1, -0.05) is 17.7 Å². The predicted molar refractivity (Wildman–Crippen MR) is 108 cm³/mol. The van der Waals surface area contributed by atoms with Crippen LogP contribution in [0.15, 0.2) is 36.8 Å². The first-order valence-electron chi connectivity index (χ1n) is 9.24. The van der Waals surface area contributed by atoms with Crippen molar-refractivity contribution >= 4 is 17.4 Å². The summed E-state index contributed by atoms with van der Waals surface area (Å²) in [5.41, 5.74) is 3.69. The highest BCUT2D eigenvalue weighted by atomic mass is 35.5. The van der Waals surface area contributed by atoms with Crippen molar-refractivity contribution in [3.63, 3.8) is 0 Å². The lowest BCUT2D eigenvalue weighted by atomic mass is 10.1. The van der Waals surface area contributed by atoms with Crippen molar-refractivity contribution in [3.8, 4) is 11.3 Å². The minimum atomic E-state index is -0.451. The average molecular weight is 401 g/mol. The highest BCUT2D eigenvalue weighted by Crippen LogP contribution is 2.29. The summed E-state index contributed by atoms with van der Waals surface area (Å²) in [6.45, 7) is 6.44. The molecule has 6 nitrogen and oxygen atoms in total. The second-order valence-corrected chi connectivity index (χ2v) is 7.44. The topological polar surface area (TPSA) is 50.1 Å². The quantitative estimate of drug-likeness (QED) is 0.672. The summed E-state index contributed by atoms with van der Waals surface area (Å²) in [5.74, 6) is 0.328. The fourth-order valence-corrected chi connectivity index (χ4v) is 3.69. The number of piperazine rings is 1. The Kier molecular flexibility index (Phi) is 5.28. The molecule has 8 heteroatoms. The molecule has 2 aromatic heterocycles. The van der Waals surface area contributed by atoms with Gasteiger partial charge in [0.2, 0.25) is 0 Å². The molecule has 0 aliphatic carbocycles. The number of nitrogens with zero attached hydrogens (tertiary/aromatic N) is 6. The summed E-state index contributed by atoms with van der Waals surface area (Å²) in [5, 5.41) is 4.52. The molecule has 3 aromatic rings. The molecule has 0 spiro atoms. The third kappa shape index (κ3) is 3.86. The van der Waals surface area contributed by atoms with Crippen molar-refractivity contribution in [1.82, 2.24) is 24.6 Å². The Morgan fingerprint density at radius 1 is 1.11 bits per heavy atom. The number of aromatic nitrogens is 4. The normalized spacial score (nSPS) is 15.2. The van der Waals surface area contributed by atoms with Crippen LogP contribution in [0.3, 0.4) is 0 Å². The van der Waals surface area contributed by atoms with E-state index in [0.717, 1.165) is 44.2 Å². The van der Waals surface area contributed by atoms with Crippen molar-refractivity contribution in [1.29, 1.82) is 0 Å². The molecule has 4 rings (SSSR count). The molecule has 0 radical (unpaired) electrons. The lowest BCUT2D eigenvalue weighted by Gasteiger charge is -2.35. The summed E-state index contributed by atoms with van der Waals surface area (Å²) < 4.78 is 15.8. The van der Waals surface area contributed by atoms with E-state index in [0.29, 0.717) is 11.3 Å². The van der Waals surface area contributed by atoms with Crippen molar-refractivity contribution in [2.75, 3.05) is 31.1 Å². The van der Waals surface area contributed by atoms with E-state index in [1.807, 2.05) is 18.7 Å². The maximum atomic E-state index is 13.9. The van der Waals surface area contributed by atoms with Gasteiger partial charge in [-0.2, -0.15) is 5.10 Å². The van der Waals surface area contributed by atoms with Crippen LogP contribution in [-0.4, -0.2) is 50.8 Å². The largest absolute Gasteiger partial charge is 0.352 e. The Morgan fingerprint density at radius 2 is 1.86 bits per heavy atom. The first-order valence-corrected chi connectivity index (χ1v) is 9.62. The van der Waals surface area contributed by atoms with Gasteiger partial charge in [0.05, 0.1) is 10.7 Å². The highest BCUT2D eigenvalue weighted by Gasteiger charge is 2.22. The molecule has 1 aliphatic heterocycles. The van der Waals surface area contributed by atoms with Crippen LogP contribution < -0.4 is 4.90 Å². The fraction of sp³-hybridized carbons (Fsp3) is 0.350. The Balaban J connectivity index is 1.49. The fourth-order valence-electron chi connectivity index (χ4n) is 3.57. The molecule has 28 heavy (non-hydrogen) atoms. The maximum Gasteiger partial charge on any atom is 0.155 e. The number of anilines is 1. The summed E-state index contributed by atoms with van der Waals surface area (Å²) >= 11 is 5.82. The van der Waals surface area contributed by atoms with Crippen LogP contribution in [0.1, 0.15) is 11.3 Å². The SMILES string of the molecule is Cc1nn(C)cc1CN1CCN(c2nccnc2-c2ccc(Cl)c(F)c2)CC1. The van der Waals surface area contributed by atoms with Crippen LogP contribution in [0.2, 0.25) is 5.02 Å². The van der Waals surface area contributed by atoms with Gasteiger partial charge >= 0.3 is 0 Å². The predicted octanol–water partition coefficient (Wildman–Crippen LogP) is 3.30. The standard InChI is InChI=1S/C20H22ClFN6/c1-14-16(12-26(2)25-14)13-27-7-9-28(10-8-27)20-19(23-5-6-24-20)15-3-4-17(21)18(22)11-15/h3-6,11-12H,7-10,13H2,1-2H3. The number of aryl methyl sites for hydroxylation is 2. The van der Waals surface area contributed by atoms with Gasteiger partial charge in [0, 0.05) is 69.5 Å². The smallest absolute Gasteiger partial charge is 0.155 e. The highest BCUT2D eigenvalue weighted by molar-refractivity contribution is 6.30. The van der Waals surface area contributed by atoms with Crippen molar-refractivity contribution < 1.29 is 4.39 Å². The molecule has 0 bridgehead atoms. The summed E-state index contributed by atoms with van der Waals surface area (Å²) in [7, 11) is 1.95. The maximum absolute atomic E-state index is 13.9. The molecule has 0 atom stereocenters. The van der Waals surface area contributed by atoms with Gasteiger partial charge < -0.3 is 4.90 Å². The number of halogens is 2. The minimum absolute atomic E-state index is 0.105. The third-order valence-corrected chi connectivity index (χ3v) is 5.36. The van der Waals surface area contributed by atoms with Crippen molar-refractivity contribution in [2.45, 2.75) is 13.5 Å². The minimum Gasteiger partial charge on any atom is -0.352 e.